The summed E-state index contributed by atoms with van der Waals surface area (Å²) in [5.74, 6) is 1.49. The van der Waals surface area contributed by atoms with E-state index in [4.69, 9.17) is 10.5 Å². The number of ether oxygens (including phenoxy) is 1. The number of nitrogens with zero attached hydrogens (tertiary/aromatic N) is 4. The van der Waals surface area contributed by atoms with E-state index >= 15 is 0 Å². The Morgan fingerprint density at radius 2 is 1.84 bits per heavy atom. The van der Waals surface area contributed by atoms with Crippen LogP contribution in [0.4, 0.5) is 10.7 Å². The number of hydrogen-bond acceptors (Lipinski definition) is 6. The number of nitrogens with one attached hydrogen (secondary N) is 1. The first kappa shape index (κ1) is 19.6. The van der Waals surface area contributed by atoms with Crippen molar-refractivity contribution in [3.05, 3.63) is 53.7 Å². The topological polar surface area (TPSA) is 118 Å². The molecule has 1 aliphatic carbocycles. The molecule has 3 heterocycles. The van der Waals surface area contributed by atoms with E-state index in [1.54, 1.807) is 0 Å². The first-order chi connectivity index (χ1) is 15.1. The molecule has 2 amide bonds. The van der Waals surface area contributed by atoms with Crippen molar-refractivity contribution in [3.8, 4) is 5.75 Å². The number of urea groups is 1. The zero-order chi connectivity index (χ0) is 21.4. The van der Waals surface area contributed by atoms with Crippen LogP contribution in [0.15, 0.2) is 42.6 Å². The average molecular weight is 422 g/mol. The monoisotopic (exact) mass is 422 g/mol. The largest absolute Gasteiger partial charge is 0.484 e. The van der Waals surface area contributed by atoms with Gasteiger partial charge in [0.2, 0.25) is 5.95 Å². The SMILES string of the molecule is NC(=O)N[C@H]1CC[C@@H](Oc2ccc3nnc(N4CCC(O)CC4)n3c2)c2ccccc21. The minimum absolute atomic E-state index is 0.102. The van der Waals surface area contributed by atoms with Crippen molar-refractivity contribution in [2.24, 2.45) is 5.73 Å². The number of rotatable bonds is 4. The lowest BCUT2D eigenvalue weighted by Gasteiger charge is -2.32. The highest BCUT2D eigenvalue weighted by Crippen LogP contribution is 2.38. The molecule has 162 valence electrons. The molecule has 1 saturated heterocycles. The van der Waals surface area contributed by atoms with Crippen molar-refractivity contribution in [2.45, 2.75) is 43.9 Å². The molecular formula is C22H26N6O3. The average Bonchev–Trinajstić information content (AvgIpc) is 3.19. The molecule has 3 aromatic rings. The van der Waals surface area contributed by atoms with E-state index in [1.807, 2.05) is 47.0 Å². The maximum atomic E-state index is 11.4. The van der Waals surface area contributed by atoms with E-state index in [0.717, 1.165) is 67.2 Å². The Morgan fingerprint density at radius 1 is 1.06 bits per heavy atom. The standard InChI is InChI=1S/C22H26N6O3/c23-21(30)24-18-6-7-19(17-4-2-1-3-16(17)18)31-15-5-8-20-25-26-22(28(20)13-15)27-11-9-14(29)10-12-27/h1-5,8,13-14,18-19,29H,6-7,9-12H2,(H3,23,24,30)/t18-,19+/m0/s1. The molecule has 0 bridgehead atoms. The smallest absolute Gasteiger partial charge is 0.312 e. The molecule has 0 radical (unpaired) electrons. The fourth-order valence-corrected chi connectivity index (χ4v) is 4.57. The predicted octanol–water partition coefficient (Wildman–Crippen LogP) is 2.31. The summed E-state index contributed by atoms with van der Waals surface area (Å²) in [5, 5.41) is 21.3. The number of anilines is 1. The molecule has 1 aromatic carbocycles. The predicted molar refractivity (Wildman–Crippen MR) is 115 cm³/mol. The number of primary amides is 1. The molecule has 2 aliphatic rings. The summed E-state index contributed by atoms with van der Waals surface area (Å²) >= 11 is 0. The van der Waals surface area contributed by atoms with Crippen LogP contribution in [0.2, 0.25) is 0 Å². The second-order valence-corrected chi connectivity index (χ2v) is 8.19. The number of carbonyl (C=O) groups excluding carboxylic acids is 1. The quantitative estimate of drug-likeness (QED) is 0.594. The van der Waals surface area contributed by atoms with E-state index in [-0.39, 0.29) is 18.2 Å². The van der Waals surface area contributed by atoms with Gasteiger partial charge in [-0.25, -0.2) is 4.79 Å². The first-order valence-electron chi connectivity index (χ1n) is 10.7. The third kappa shape index (κ3) is 3.88. The lowest BCUT2D eigenvalue weighted by atomic mass is 9.85. The number of aliphatic hydroxyl groups excluding tert-OH is 1. The van der Waals surface area contributed by atoms with E-state index in [2.05, 4.69) is 20.4 Å². The molecule has 5 rings (SSSR count). The number of fused-ring (bicyclic) bond motifs is 2. The lowest BCUT2D eigenvalue weighted by molar-refractivity contribution is 0.145. The summed E-state index contributed by atoms with van der Waals surface area (Å²) in [6, 6.07) is 11.2. The third-order valence-corrected chi connectivity index (χ3v) is 6.14. The Labute approximate surface area is 179 Å². The van der Waals surface area contributed by atoms with Crippen LogP contribution < -0.4 is 20.7 Å². The summed E-state index contributed by atoms with van der Waals surface area (Å²) in [6.45, 7) is 1.49. The van der Waals surface area contributed by atoms with E-state index < -0.39 is 6.03 Å². The van der Waals surface area contributed by atoms with E-state index in [0.29, 0.717) is 0 Å². The van der Waals surface area contributed by atoms with Gasteiger partial charge < -0.3 is 25.8 Å². The molecule has 4 N–H and O–H groups in total. The molecule has 2 atom stereocenters. The van der Waals surface area contributed by atoms with Gasteiger partial charge in [0, 0.05) is 13.1 Å². The number of piperidine rings is 1. The number of carbonyl (C=O) groups is 1. The summed E-state index contributed by atoms with van der Waals surface area (Å²) in [4.78, 5) is 13.5. The Hall–Kier alpha value is -3.33. The maximum Gasteiger partial charge on any atom is 0.312 e. The van der Waals surface area contributed by atoms with Gasteiger partial charge in [-0.3, -0.25) is 4.40 Å². The van der Waals surface area contributed by atoms with Crippen LogP contribution in [0.25, 0.3) is 5.65 Å². The third-order valence-electron chi connectivity index (χ3n) is 6.14. The number of benzene rings is 1. The van der Waals surface area contributed by atoms with Gasteiger partial charge in [-0.1, -0.05) is 24.3 Å². The van der Waals surface area contributed by atoms with Crippen molar-refractivity contribution in [3.63, 3.8) is 0 Å². The number of amides is 2. The van der Waals surface area contributed by atoms with Gasteiger partial charge in [0.15, 0.2) is 5.65 Å². The van der Waals surface area contributed by atoms with Crippen LogP contribution in [0.5, 0.6) is 5.75 Å². The Bertz CT molecular complexity index is 1090. The molecule has 0 saturated carbocycles. The van der Waals surface area contributed by atoms with Gasteiger partial charge in [-0.05, 0) is 48.9 Å². The molecule has 0 unspecified atom stereocenters. The highest BCUT2D eigenvalue weighted by atomic mass is 16.5. The van der Waals surface area contributed by atoms with E-state index in [9.17, 15) is 9.90 Å². The normalized spacial score (nSPS) is 21.6. The van der Waals surface area contributed by atoms with Crippen LogP contribution >= 0.6 is 0 Å². The van der Waals surface area contributed by atoms with Crippen molar-refractivity contribution < 1.29 is 14.6 Å². The number of aromatic nitrogens is 3. The van der Waals surface area contributed by atoms with Gasteiger partial charge in [-0.2, -0.15) is 0 Å². The fraction of sp³-hybridized carbons (Fsp3) is 0.409. The molecule has 0 spiro atoms. The number of aliphatic hydroxyl groups is 1. The molecule has 31 heavy (non-hydrogen) atoms. The summed E-state index contributed by atoms with van der Waals surface area (Å²) < 4.78 is 8.34. The van der Waals surface area contributed by atoms with Gasteiger partial charge in [0.05, 0.1) is 18.3 Å². The summed E-state index contributed by atoms with van der Waals surface area (Å²) in [7, 11) is 0. The second-order valence-electron chi connectivity index (χ2n) is 8.19. The van der Waals surface area contributed by atoms with Crippen LogP contribution in [0.3, 0.4) is 0 Å². The van der Waals surface area contributed by atoms with Crippen LogP contribution in [-0.2, 0) is 0 Å². The number of pyridine rings is 1. The van der Waals surface area contributed by atoms with Crippen LogP contribution in [-0.4, -0.2) is 44.9 Å². The van der Waals surface area contributed by atoms with Gasteiger partial charge in [-0.15, -0.1) is 10.2 Å². The van der Waals surface area contributed by atoms with Gasteiger partial charge in [0.25, 0.3) is 0 Å². The molecule has 1 fully saturated rings. The van der Waals surface area contributed by atoms with Crippen LogP contribution in [0.1, 0.15) is 49.0 Å². The molecule has 9 heteroatoms. The van der Waals surface area contributed by atoms with Crippen LogP contribution in [0, 0.1) is 0 Å². The lowest BCUT2D eigenvalue weighted by Crippen LogP contribution is -2.37. The first-order valence-corrected chi connectivity index (χ1v) is 10.7. The fourth-order valence-electron chi connectivity index (χ4n) is 4.57. The molecule has 1 aliphatic heterocycles. The Kier molecular flexibility index (Phi) is 5.11. The zero-order valence-electron chi connectivity index (χ0n) is 17.1. The van der Waals surface area contributed by atoms with Crippen molar-refractivity contribution in [1.82, 2.24) is 19.9 Å². The maximum absolute atomic E-state index is 11.4. The Morgan fingerprint density at radius 3 is 2.61 bits per heavy atom. The number of nitrogens with two attached hydrogens (primary N) is 1. The highest BCUT2D eigenvalue weighted by Gasteiger charge is 2.29. The molecule has 9 nitrogen and oxygen atoms in total. The minimum Gasteiger partial charge on any atom is -0.484 e. The molecular weight excluding hydrogens is 396 g/mol. The molecule has 2 aromatic heterocycles. The van der Waals surface area contributed by atoms with Gasteiger partial charge in [0.1, 0.15) is 11.9 Å². The number of hydrogen-bond donors (Lipinski definition) is 3. The van der Waals surface area contributed by atoms with E-state index in [1.165, 1.54) is 0 Å². The zero-order valence-corrected chi connectivity index (χ0v) is 17.1. The second kappa shape index (κ2) is 8.07. The minimum atomic E-state index is -0.519. The van der Waals surface area contributed by atoms with Gasteiger partial charge >= 0.3 is 6.03 Å². The van der Waals surface area contributed by atoms with Crippen molar-refractivity contribution in [2.75, 3.05) is 18.0 Å². The van der Waals surface area contributed by atoms with Crippen molar-refractivity contribution >= 4 is 17.6 Å². The Balaban J connectivity index is 1.40. The van der Waals surface area contributed by atoms with Crippen molar-refractivity contribution in [1.29, 1.82) is 0 Å². The highest BCUT2D eigenvalue weighted by molar-refractivity contribution is 5.72. The summed E-state index contributed by atoms with van der Waals surface area (Å²) in [6.07, 6.45) is 4.53. The summed E-state index contributed by atoms with van der Waals surface area (Å²) in [5.41, 5.74) is 8.20.